The molecule has 118 valence electrons. The number of nitrogens with two attached hydrogens (primary N) is 1. The number of methoxy groups -OCH3 is 1. The first-order chi connectivity index (χ1) is 10.1. The monoisotopic (exact) mass is 293 g/mol. The van der Waals surface area contributed by atoms with Crippen LogP contribution < -0.4 is 16.0 Å². The van der Waals surface area contributed by atoms with E-state index in [1.165, 1.54) is 5.56 Å². The maximum Gasteiger partial charge on any atom is 0.239 e. The second-order valence-corrected chi connectivity index (χ2v) is 5.33. The van der Waals surface area contributed by atoms with Crippen LogP contribution in [0.2, 0.25) is 0 Å². The summed E-state index contributed by atoms with van der Waals surface area (Å²) < 4.78 is 5.03. The topological polar surface area (TPSA) is 67.6 Å². The molecule has 5 heteroatoms. The molecule has 0 fully saturated rings. The van der Waals surface area contributed by atoms with Gasteiger partial charge in [0.05, 0.1) is 13.2 Å². The molecule has 3 N–H and O–H groups in total. The third-order valence-corrected chi connectivity index (χ3v) is 3.16. The molecule has 0 heterocycles. The summed E-state index contributed by atoms with van der Waals surface area (Å²) in [5.74, 6) is -0.00178. The molecular formula is C16H27N3O2. The lowest BCUT2D eigenvalue weighted by Crippen LogP contribution is -2.43. The molecule has 0 radical (unpaired) electrons. The van der Waals surface area contributed by atoms with E-state index in [0.717, 1.165) is 18.7 Å². The number of ether oxygens (including phenoxy) is 1. The van der Waals surface area contributed by atoms with Crippen molar-refractivity contribution >= 4 is 11.6 Å². The average molecular weight is 293 g/mol. The molecular weight excluding hydrogens is 266 g/mol. The SMILES string of the molecule is COCC(C)NC(=O)CN(CCCN)c1cccc(C)c1. The molecule has 0 aliphatic carbocycles. The number of benzene rings is 1. The van der Waals surface area contributed by atoms with Crippen LogP contribution in [-0.4, -0.2) is 45.3 Å². The van der Waals surface area contributed by atoms with Gasteiger partial charge in [-0.3, -0.25) is 4.79 Å². The van der Waals surface area contributed by atoms with E-state index >= 15 is 0 Å². The summed E-state index contributed by atoms with van der Waals surface area (Å²) in [5.41, 5.74) is 7.82. The molecule has 21 heavy (non-hydrogen) atoms. The van der Waals surface area contributed by atoms with Crippen LogP contribution in [0, 0.1) is 6.92 Å². The quantitative estimate of drug-likeness (QED) is 0.720. The number of aryl methyl sites for hydroxylation is 1. The highest BCUT2D eigenvalue weighted by Gasteiger charge is 2.13. The van der Waals surface area contributed by atoms with Gasteiger partial charge in [0.25, 0.3) is 0 Å². The lowest BCUT2D eigenvalue weighted by atomic mass is 10.2. The van der Waals surface area contributed by atoms with Crippen molar-refractivity contribution in [3.05, 3.63) is 29.8 Å². The van der Waals surface area contributed by atoms with Gasteiger partial charge < -0.3 is 20.7 Å². The Labute approximate surface area is 127 Å². The fourth-order valence-corrected chi connectivity index (χ4v) is 2.19. The Morgan fingerprint density at radius 3 is 2.86 bits per heavy atom. The highest BCUT2D eigenvalue weighted by molar-refractivity contribution is 5.81. The Balaban J connectivity index is 2.67. The number of amides is 1. The van der Waals surface area contributed by atoms with Crippen molar-refractivity contribution in [1.82, 2.24) is 5.32 Å². The van der Waals surface area contributed by atoms with Gasteiger partial charge in [0.2, 0.25) is 5.91 Å². The Kier molecular flexibility index (Phi) is 7.79. The maximum absolute atomic E-state index is 12.1. The zero-order valence-corrected chi connectivity index (χ0v) is 13.3. The van der Waals surface area contributed by atoms with Crippen LogP contribution in [-0.2, 0) is 9.53 Å². The molecule has 5 nitrogen and oxygen atoms in total. The lowest BCUT2D eigenvalue weighted by Gasteiger charge is -2.25. The minimum Gasteiger partial charge on any atom is -0.383 e. The second kappa shape index (κ2) is 9.37. The van der Waals surface area contributed by atoms with Crippen LogP contribution in [0.15, 0.2) is 24.3 Å². The van der Waals surface area contributed by atoms with Gasteiger partial charge in [-0.05, 0) is 44.5 Å². The number of carbonyl (C=O) groups is 1. The summed E-state index contributed by atoms with van der Waals surface area (Å²) in [6, 6.07) is 8.17. The molecule has 0 saturated carbocycles. The van der Waals surface area contributed by atoms with Crippen molar-refractivity contribution in [3.63, 3.8) is 0 Å². The highest BCUT2D eigenvalue weighted by atomic mass is 16.5. The van der Waals surface area contributed by atoms with Gasteiger partial charge in [0.15, 0.2) is 0 Å². The Morgan fingerprint density at radius 1 is 1.48 bits per heavy atom. The van der Waals surface area contributed by atoms with E-state index < -0.39 is 0 Å². The van der Waals surface area contributed by atoms with Crippen LogP contribution in [0.4, 0.5) is 5.69 Å². The van der Waals surface area contributed by atoms with Crippen LogP contribution in [0.1, 0.15) is 18.9 Å². The van der Waals surface area contributed by atoms with Crippen molar-refractivity contribution in [2.45, 2.75) is 26.3 Å². The summed E-state index contributed by atoms with van der Waals surface area (Å²) in [6.07, 6.45) is 0.856. The fraction of sp³-hybridized carbons (Fsp3) is 0.562. The molecule has 1 aromatic carbocycles. The molecule has 0 spiro atoms. The van der Waals surface area contributed by atoms with E-state index in [1.54, 1.807) is 7.11 Å². The van der Waals surface area contributed by atoms with Gasteiger partial charge in [-0.15, -0.1) is 0 Å². The zero-order valence-electron chi connectivity index (χ0n) is 13.3. The lowest BCUT2D eigenvalue weighted by molar-refractivity contribution is -0.120. The summed E-state index contributed by atoms with van der Waals surface area (Å²) in [5, 5.41) is 2.94. The van der Waals surface area contributed by atoms with Crippen molar-refractivity contribution in [2.75, 3.05) is 38.3 Å². The molecule has 0 aliphatic rings. The summed E-state index contributed by atoms with van der Waals surface area (Å²) in [6.45, 7) is 6.20. The first-order valence-corrected chi connectivity index (χ1v) is 7.36. The number of nitrogens with one attached hydrogen (secondary N) is 1. The van der Waals surface area contributed by atoms with E-state index in [1.807, 2.05) is 32.0 Å². The van der Waals surface area contributed by atoms with Crippen molar-refractivity contribution in [1.29, 1.82) is 0 Å². The van der Waals surface area contributed by atoms with Gasteiger partial charge in [-0.2, -0.15) is 0 Å². The molecule has 1 aromatic rings. The zero-order chi connectivity index (χ0) is 15.7. The average Bonchev–Trinajstić information content (AvgIpc) is 2.43. The number of carbonyl (C=O) groups excluding carboxylic acids is 1. The highest BCUT2D eigenvalue weighted by Crippen LogP contribution is 2.15. The minimum absolute atomic E-state index is 0.00178. The summed E-state index contributed by atoms with van der Waals surface area (Å²) in [7, 11) is 1.63. The Bertz CT molecular complexity index is 437. The van der Waals surface area contributed by atoms with Crippen LogP contribution in [0.5, 0.6) is 0 Å². The molecule has 0 aliphatic heterocycles. The van der Waals surface area contributed by atoms with Crippen molar-refractivity contribution < 1.29 is 9.53 Å². The van der Waals surface area contributed by atoms with E-state index in [4.69, 9.17) is 10.5 Å². The van der Waals surface area contributed by atoms with Crippen LogP contribution in [0.25, 0.3) is 0 Å². The van der Waals surface area contributed by atoms with Gasteiger partial charge in [0.1, 0.15) is 0 Å². The third kappa shape index (κ3) is 6.60. The predicted octanol–water partition coefficient (Wildman–Crippen LogP) is 1.30. The van der Waals surface area contributed by atoms with E-state index in [-0.39, 0.29) is 11.9 Å². The van der Waals surface area contributed by atoms with E-state index in [2.05, 4.69) is 16.3 Å². The molecule has 0 saturated heterocycles. The van der Waals surface area contributed by atoms with Gasteiger partial charge in [-0.25, -0.2) is 0 Å². The summed E-state index contributed by atoms with van der Waals surface area (Å²) in [4.78, 5) is 14.2. The molecule has 0 bridgehead atoms. The van der Waals surface area contributed by atoms with Gasteiger partial charge in [-0.1, -0.05) is 12.1 Å². The van der Waals surface area contributed by atoms with E-state index in [9.17, 15) is 4.79 Å². The second-order valence-electron chi connectivity index (χ2n) is 5.33. The Hall–Kier alpha value is -1.59. The summed E-state index contributed by atoms with van der Waals surface area (Å²) >= 11 is 0. The largest absolute Gasteiger partial charge is 0.383 e. The standard InChI is InChI=1S/C16H27N3O2/c1-13-6-4-7-15(10-13)19(9-5-8-17)11-16(20)18-14(2)12-21-3/h4,6-7,10,14H,5,8-9,11-12,17H2,1-3H3,(H,18,20). The molecule has 1 rings (SSSR count). The molecule has 1 unspecified atom stereocenters. The van der Waals surface area contributed by atoms with Crippen LogP contribution in [0.3, 0.4) is 0 Å². The first kappa shape index (κ1) is 17.5. The predicted molar refractivity (Wildman–Crippen MR) is 86.5 cm³/mol. The molecule has 1 amide bonds. The van der Waals surface area contributed by atoms with Gasteiger partial charge in [0, 0.05) is 25.4 Å². The number of rotatable bonds is 9. The Morgan fingerprint density at radius 2 is 2.24 bits per heavy atom. The van der Waals surface area contributed by atoms with Crippen LogP contribution >= 0.6 is 0 Å². The van der Waals surface area contributed by atoms with Crippen molar-refractivity contribution in [2.24, 2.45) is 5.73 Å². The first-order valence-electron chi connectivity index (χ1n) is 7.36. The van der Waals surface area contributed by atoms with Crippen molar-refractivity contribution in [3.8, 4) is 0 Å². The number of hydrogen-bond acceptors (Lipinski definition) is 4. The van der Waals surface area contributed by atoms with Gasteiger partial charge >= 0.3 is 0 Å². The fourth-order valence-electron chi connectivity index (χ4n) is 2.19. The third-order valence-electron chi connectivity index (χ3n) is 3.16. The molecule has 0 aromatic heterocycles. The number of nitrogens with zero attached hydrogens (tertiary/aromatic N) is 1. The number of hydrogen-bond donors (Lipinski definition) is 2. The number of anilines is 1. The normalized spacial score (nSPS) is 12.0. The molecule has 1 atom stereocenters. The minimum atomic E-state index is -0.00178. The maximum atomic E-state index is 12.1. The smallest absolute Gasteiger partial charge is 0.239 e. The van der Waals surface area contributed by atoms with E-state index in [0.29, 0.717) is 19.7 Å².